The maximum atomic E-state index is 12.7. The molecule has 1 fully saturated rings. The molecule has 0 spiro atoms. The minimum atomic E-state index is -3.63. The van der Waals surface area contributed by atoms with E-state index in [0.29, 0.717) is 32.0 Å². The van der Waals surface area contributed by atoms with E-state index in [4.69, 9.17) is 14.7 Å². The summed E-state index contributed by atoms with van der Waals surface area (Å²) in [4.78, 5) is 11.8. The molecule has 2 rings (SSSR count). The number of sulfonamides is 1. The Kier molecular flexibility index (Phi) is 6.74. The fraction of sp³-hybridized carbons (Fsp3) is 0.412. The molecule has 9 heteroatoms. The third kappa shape index (κ3) is 4.60. The predicted molar refractivity (Wildman–Crippen MR) is 94.7 cm³/mol. The zero-order valence-electron chi connectivity index (χ0n) is 14.7. The van der Waals surface area contributed by atoms with Crippen LogP contribution in [0.4, 0.5) is 5.69 Å². The van der Waals surface area contributed by atoms with Crippen molar-refractivity contribution in [2.45, 2.75) is 18.7 Å². The topological polar surface area (TPSA) is 109 Å². The minimum Gasteiger partial charge on any atom is -0.462 e. The maximum Gasteiger partial charge on any atom is 0.350 e. The molecule has 1 heterocycles. The number of nitrogens with one attached hydrogen (secondary N) is 1. The van der Waals surface area contributed by atoms with Gasteiger partial charge in [0, 0.05) is 25.0 Å². The third-order valence-electron chi connectivity index (χ3n) is 3.80. The molecule has 1 aromatic rings. The van der Waals surface area contributed by atoms with Crippen molar-refractivity contribution >= 4 is 21.7 Å². The smallest absolute Gasteiger partial charge is 0.350 e. The lowest BCUT2D eigenvalue weighted by Gasteiger charge is -2.26. The van der Waals surface area contributed by atoms with E-state index in [-0.39, 0.29) is 17.1 Å². The van der Waals surface area contributed by atoms with Crippen LogP contribution in [0.2, 0.25) is 0 Å². The van der Waals surface area contributed by atoms with Gasteiger partial charge in [0.25, 0.3) is 0 Å². The summed E-state index contributed by atoms with van der Waals surface area (Å²) < 4.78 is 36.8. The molecule has 0 atom stereocenters. The Morgan fingerprint density at radius 2 is 2.12 bits per heavy atom. The van der Waals surface area contributed by atoms with Crippen molar-refractivity contribution in [3.8, 4) is 6.07 Å². The first-order valence-corrected chi connectivity index (χ1v) is 9.56. The van der Waals surface area contributed by atoms with Gasteiger partial charge in [0.15, 0.2) is 5.57 Å². The summed E-state index contributed by atoms with van der Waals surface area (Å²) in [6.07, 6.45) is 1.21. The second kappa shape index (κ2) is 8.80. The monoisotopic (exact) mass is 379 g/mol. The molecule has 8 nitrogen and oxygen atoms in total. The molecular weight excluding hydrogens is 358 g/mol. The Labute approximate surface area is 153 Å². The van der Waals surface area contributed by atoms with Crippen LogP contribution in [0.25, 0.3) is 0 Å². The van der Waals surface area contributed by atoms with E-state index < -0.39 is 16.0 Å². The zero-order valence-corrected chi connectivity index (χ0v) is 15.5. The van der Waals surface area contributed by atoms with Gasteiger partial charge in [-0.3, -0.25) is 0 Å². The van der Waals surface area contributed by atoms with Gasteiger partial charge in [-0.05, 0) is 31.5 Å². The Morgan fingerprint density at radius 3 is 2.73 bits per heavy atom. The SMILES string of the molecule is CCOC(=O)/C(C#N)=C/Nc1cc(S(=O)(=O)N2CCOCC2)ccc1C. The quantitative estimate of drug-likeness (QED) is 0.452. The number of nitrogens with zero attached hydrogens (tertiary/aromatic N) is 2. The van der Waals surface area contributed by atoms with Crippen molar-refractivity contribution in [1.82, 2.24) is 4.31 Å². The average molecular weight is 379 g/mol. The number of carbonyl (C=O) groups is 1. The van der Waals surface area contributed by atoms with Gasteiger partial charge >= 0.3 is 5.97 Å². The van der Waals surface area contributed by atoms with Gasteiger partial charge in [-0.1, -0.05) is 6.07 Å². The molecule has 1 N–H and O–H groups in total. The summed E-state index contributed by atoms with van der Waals surface area (Å²) in [5.41, 5.74) is 1.05. The Bertz CT molecular complexity index is 836. The molecule has 140 valence electrons. The number of rotatable bonds is 6. The number of morpholine rings is 1. The van der Waals surface area contributed by atoms with Crippen molar-refractivity contribution < 1.29 is 22.7 Å². The molecule has 1 aliphatic heterocycles. The molecule has 0 bridgehead atoms. The van der Waals surface area contributed by atoms with Crippen LogP contribution in [-0.2, 0) is 24.3 Å². The molecule has 0 aliphatic carbocycles. The number of aryl methyl sites for hydroxylation is 1. The van der Waals surface area contributed by atoms with Crippen LogP contribution in [0.3, 0.4) is 0 Å². The van der Waals surface area contributed by atoms with Crippen molar-refractivity contribution in [2.75, 3.05) is 38.2 Å². The van der Waals surface area contributed by atoms with Gasteiger partial charge < -0.3 is 14.8 Å². The first-order chi connectivity index (χ1) is 12.4. The molecule has 0 amide bonds. The van der Waals surface area contributed by atoms with Crippen LogP contribution in [0.5, 0.6) is 0 Å². The van der Waals surface area contributed by atoms with Gasteiger partial charge in [-0.25, -0.2) is 13.2 Å². The standard InChI is InChI=1S/C17H21N3O5S/c1-3-25-17(21)14(11-18)12-19-16-10-15(5-4-13(16)2)26(22,23)20-6-8-24-9-7-20/h4-5,10,12,19H,3,6-9H2,1-2H3/b14-12+. The van der Waals surface area contributed by atoms with E-state index in [9.17, 15) is 13.2 Å². The van der Waals surface area contributed by atoms with Crippen LogP contribution >= 0.6 is 0 Å². The summed E-state index contributed by atoms with van der Waals surface area (Å²) in [5, 5.41) is 11.9. The molecule has 0 radical (unpaired) electrons. The molecule has 1 aromatic carbocycles. The molecule has 26 heavy (non-hydrogen) atoms. The lowest BCUT2D eigenvalue weighted by atomic mass is 10.2. The molecule has 0 aromatic heterocycles. The van der Waals surface area contributed by atoms with Crippen LogP contribution in [0.1, 0.15) is 12.5 Å². The Morgan fingerprint density at radius 1 is 1.42 bits per heavy atom. The number of nitriles is 1. The number of carbonyl (C=O) groups excluding carboxylic acids is 1. The van der Waals surface area contributed by atoms with Crippen LogP contribution in [-0.4, -0.2) is 51.6 Å². The van der Waals surface area contributed by atoms with Crippen LogP contribution in [0.15, 0.2) is 34.9 Å². The molecule has 0 saturated carbocycles. The maximum absolute atomic E-state index is 12.7. The molecule has 1 aliphatic rings. The number of hydrogen-bond acceptors (Lipinski definition) is 7. The normalized spacial score (nSPS) is 16.0. The minimum absolute atomic E-state index is 0.135. The van der Waals surface area contributed by atoms with Gasteiger partial charge in [-0.15, -0.1) is 0 Å². The molecule has 1 saturated heterocycles. The number of benzene rings is 1. The zero-order chi connectivity index (χ0) is 19.2. The summed E-state index contributed by atoms with van der Waals surface area (Å²) in [7, 11) is -3.63. The summed E-state index contributed by atoms with van der Waals surface area (Å²) >= 11 is 0. The van der Waals surface area contributed by atoms with Gasteiger partial charge in [-0.2, -0.15) is 9.57 Å². The predicted octanol–water partition coefficient (Wildman–Crippen LogP) is 1.40. The highest BCUT2D eigenvalue weighted by atomic mass is 32.2. The lowest BCUT2D eigenvalue weighted by molar-refractivity contribution is -0.138. The largest absolute Gasteiger partial charge is 0.462 e. The number of ether oxygens (including phenoxy) is 2. The van der Waals surface area contributed by atoms with Crippen molar-refractivity contribution in [3.63, 3.8) is 0 Å². The highest BCUT2D eigenvalue weighted by Gasteiger charge is 2.26. The Hall–Kier alpha value is -2.41. The number of esters is 1. The lowest BCUT2D eigenvalue weighted by Crippen LogP contribution is -2.40. The average Bonchev–Trinajstić information content (AvgIpc) is 2.64. The summed E-state index contributed by atoms with van der Waals surface area (Å²) in [6, 6.07) is 6.44. The first-order valence-electron chi connectivity index (χ1n) is 8.12. The third-order valence-corrected chi connectivity index (χ3v) is 5.70. The first kappa shape index (κ1) is 19.9. The van der Waals surface area contributed by atoms with Crippen LogP contribution < -0.4 is 5.32 Å². The highest BCUT2D eigenvalue weighted by molar-refractivity contribution is 7.89. The van der Waals surface area contributed by atoms with Gasteiger partial charge in [0.1, 0.15) is 6.07 Å². The van der Waals surface area contributed by atoms with Crippen molar-refractivity contribution in [1.29, 1.82) is 5.26 Å². The van der Waals surface area contributed by atoms with E-state index in [1.165, 1.54) is 22.6 Å². The van der Waals surface area contributed by atoms with E-state index >= 15 is 0 Å². The van der Waals surface area contributed by atoms with E-state index in [1.54, 1.807) is 26.0 Å². The number of hydrogen-bond donors (Lipinski definition) is 1. The van der Waals surface area contributed by atoms with Crippen LogP contribution in [0, 0.1) is 18.3 Å². The number of anilines is 1. The van der Waals surface area contributed by atoms with Gasteiger partial charge in [0.2, 0.25) is 10.0 Å². The van der Waals surface area contributed by atoms with E-state index in [1.807, 2.05) is 0 Å². The van der Waals surface area contributed by atoms with E-state index in [2.05, 4.69) is 5.32 Å². The fourth-order valence-electron chi connectivity index (χ4n) is 2.35. The second-order valence-electron chi connectivity index (χ2n) is 5.53. The fourth-order valence-corrected chi connectivity index (χ4v) is 3.78. The molecule has 0 unspecified atom stereocenters. The second-order valence-corrected chi connectivity index (χ2v) is 7.47. The van der Waals surface area contributed by atoms with Crippen molar-refractivity contribution in [3.05, 3.63) is 35.5 Å². The summed E-state index contributed by atoms with van der Waals surface area (Å²) in [6.45, 7) is 4.93. The highest BCUT2D eigenvalue weighted by Crippen LogP contribution is 2.24. The van der Waals surface area contributed by atoms with Gasteiger partial charge in [0.05, 0.1) is 24.7 Å². The summed E-state index contributed by atoms with van der Waals surface area (Å²) in [5.74, 6) is -0.739. The van der Waals surface area contributed by atoms with Crippen molar-refractivity contribution in [2.24, 2.45) is 0 Å². The van der Waals surface area contributed by atoms with E-state index in [0.717, 1.165) is 5.56 Å². The Balaban J connectivity index is 2.27. The molecular formula is C17H21N3O5S.